The van der Waals surface area contributed by atoms with Crippen LogP contribution in [0.2, 0.25) is 0 Å². The number of hydrogen-bond donors (Lipinski definition) is 4. The third-order valence-corrected chi connectivity index (χ3v) is 6.12. The van der Waals surface area contributed by atoms with Gasteiger partial charge in [0.05, 0.1) is 0 Å². The van der Waals surface area contributed by atoms with Gasteiger partial charge in [-0.05, 0) is 36.4 Å². The average molecular weight is 447 g/mol. The number of rotatable bonds is 11. The van der Waals surface area contributed by atoms with E-state index < -0.39 is 11.8 Å². The molecule has 30 heavy (non-hydrogen) atoms. The lowest BCUT2D eigenvalue weighted by molar-refractivity contribution is -0.118. The van der Waals surface area contributed by atoms with Gasteiger partial charge in [0, 0.05) is 46.8 Å². The lowest BCUT2D eigenvalue weighted by atomic mass is 10.2. The summed E-state index contributed by atoms with van der Waals surface area (Å²) in [4.78, 5) is 47.5. The fourth-order valence-electron chi connectivity index (χ4n) is 2.28. The van der Waals surface area contributed by atoms with Crippen LogP contribution in [0.3, 0.4) is 0 Å². The molecule has 0 bridgehead atoms. The van der Waals surface area contributed by atoms with E-state index in [4.69, 9.17) is 11.5 Å². The Kier molecular flexibility index (Phi) is 9.23. The molecule has 0 saturated carbocycles. The van der Waals surface area contributed by atoms with Crippen molar-refractivity contribution in [1.29, 1.82) is 0 Å². The molecule has 0 aliphatic rings. The van der Waals surface area contributed by atoms with Crippen LogP contribution in [0.25, 0.3) is 0 Å². The minimum Gasteiger partial charge on any atom is -0.370 e. The Balaban J connectivity index is 1.92. The Bertz CT molecular complexity index is 861. The van der Waals surface area contributed by atoms with E-state index in [-0.39, 0.29) is 37.7 Å². The number of nitrogens with two attached hydrogens (primary N) is 2. The third kappa shape index (κ3) is 8.18. The van der Waals surface area contributed by atoms with Crippen molar-refractivity contribution in [3.63, 3.8) is 0 Å². The zero-order chi connectivity index (χ0) is 21.9. The summed E-state index contributed by atoms with van der Waals surface area (Å²) in [5.41, 5.74) is 11.1. The van der Waals surface area contributed by atoms with Crippen LogP contribution in [0.5, 0.6) is 0 Å². The highest BCUT2D eigenvalue weighted by molar-refractivity contribution is 8.76. The Morgan fingerprint density at radius 1 is 0.700 bits per heavy atom. The fourth-order valence-corrected chi connectivity index (χ4v) is 4.29. The predicted octanol–water partition coefficient (Wildman–Crippen LogP) is 1.70. The summed E-state index contributed by atoms with van der Waals surface area (Å²) < 4.78 is 0. The first-order chi connectivity index (χ1) is 14.3. The van der Waals surface area contributed by atoms with E-state index in [1.165, 1.54) is 21.6 Å². The molecule has 0 aliphatic carbocycles. The first kappa shape index (κ1) is 23.3. The minimum absolute atomic E-state index is 0.0858. The molecule has 2 aromatic rings. The van der Waals surface area contributed by atoms with Gasteiger partial charge < -0.3 is 22.1 Å². The fraction of sp³-hybridized carbons (Fsp3) is 0.200. The second-order valence-electron chi connectivity index (χ2n) is 6.17. The smallest absolute Gasteiger partial charge is 0.251 e. The summed E-state index contributed by atoms with van der Waals surface area (Å²) >= 11 is 0. The summed E-state index contributed by atoms with van der Waals surface area (Å²) in [5.74, 6) is -1.50. The summed E-state index contributed by atoms with van der Waals surface area (Å²) in [6, 6.07) is 14.2. The predicted molar refractivity (Wildman–Crippen MR) is 117 cm³/mol. The Morgan fingerprint density at radius 2 is 1.10 bits per heavy atom. The topological polar surface area (TPSA) is 144 Å². The maximum absolute atomic E-state index is 12.1. The van der Waals surface area contributed by atoms with Crippen molar-refractivity contribution in [3.8, 4) is 0 Å². The number of primary amides is 2. The largest absolute Gasteiger partial charge is 0.370 e. The molecule has 10 heteroatoms. The molecule has 0 radical (unpaired) electrons. The molecule has 0 atom stereocenters. The average Bonchev–Trinajstić information content (AvgIpc) is 2.72. The number of nitrogens with one attached hydrogen (secondary N) is 2. The van der Waals surface area contributed by atoms with Crippen molar-refractivity contribution < 1.29 is 19.2 Å². The van der Waals surface area contributed by atoms with Crippen molar-refractivity contribution in [2.45, 2.75) is 22.6 Å². The lowest BCUT2D eigenvalue weighted by Gasteiger charge is -2.07. The summed E-state index contributed by atoms with van der Waals surface area (Å²) in [6.07, 6.45) is 0.172. The van der Waals surface area contributed by atoms with Gasteiger partial charge in [0.1, 0.15) is 0 Å². The first-order valence-electron chi connectivity index (χ1n) is 9.03. The van der Waals surface area contributed by atoms with Gasteiger partial charge in [0.2, 0.25) is 11.8 Å². The van der Waals surface area contributed by atoms with E-state index in [1.54, 1.807) is 36.4 Å². The molecule has 2 aromatic carbocycles. The molecular weight excluding hydrogens is 424 g/mol. The highest BCUT2D eigenvalue weighted by Crippen LogP contribution is 2.37. The molecule has 4 amide bonds. The lowest BCUT2D eigenvalue weighted by Crippen LogP contribution is -2.27. The quantitative estimate of drug-likeness (QED) is 0.387. The first-order valence-corrected chi connectivity index (χ1v) is 11.2. The summed E-state index contributed by atoms with van der Waals surface area (Å²) in [6.45, 7) is 0.378. The van der Waals surface area contributed by atoms with Crippen molar-refractivity contribution in [2.75, 3.05) is 13.1 Å². The van der Waals surface area contributed by atoms with E-state index >= 15 is 0 Å². The Hall–Kier alpha value is -2.98. The maximum atomic E-state index is 12.1. The Morgan fingerprint density at radius 3 is 1.47 bits per heavy atom. The van der Waals surface area contributed by atoms with E-state index in [2.05, 4.69) is 10.6 Å². The van der Waals surface area contributed by atoms with E-state index in [0.717, 1.165) is 9.79 Å². The second-order valence-corrected chi connectivity index (χ2v) is 8.44. The van der Waals surface area contributed by atoms with Crippen LogP contribution in [0.15, 0.2) is 58.3 Å². The zero-order valence-electron chi connectivity index (χ0n) is 16.1. The molecule has 8 nitrogen and oxygen atoms in total. The molecule has 0 aliphatic heterocycles. The SMILES string of the molecule is NC(=O)CCNC(=O)c1cccc(SSc2cccc(C(=O)NCCC(N)=O)c2)c1. The highest BCUT2D eigenvalue weighted by Gasteiger charge is 2.09. The molecule has 0 spiro atoms. The van der Waals surface area contributed by atoms with Crippen molar-refractivity contribution >= 4 is 45.2 Å². The second kappa shape index (κ2) is 11.9. The molecule has 6 N–H and O–H groups in total. The molecule has 0 saturated heterocycles. The number of hydrogen-bond acceptors (Lipinski definition) is 6. The molecule has 0 heterocycles. The molecule has 2 rings (SSSR count). The maximum Gasteiger partial charge on any atom is 0.251 e. The molecule has 0 aromatic heterocycles. The van der Waals surface area contributed by atoms with Crippen LogP contribution in [0.1, 0.15) is 33.6 Å². The molecule has 0 unspecified atom stereocenters. The van der Waals surface area contributed by atoms with Gasteiger partial charge in [0.25, 0.3) is 11.8 Å². The molecular formula is C20H22N4O4S2. The van der Waals surface area contributed by atoms with Crippen LogP contribution >= 0.6 is 21.6 Å². The van der Waals surface area contributed by atoms with Crippen molar-refractivity contribution in [3.05, 3.63) is 59.7 Å². The van der Waals surface area contributed by atoms with Gasteiger partial charge in [-0.25, -0.2) is 0 Å². The van der Waals surface area contributed by atoms with Crippen LogP contribution in [0, 0.1) is 0 Å². The van der Waals surface area contributed by atoms with Gasteiger partial charge in [0.15, 0.2) is 0 Å². The summed E-state index contributed by atoms with van der Waals surface area (Å²) in [7, 11) is 2.89. The van der Waals surface area contributed by atoms with Gasteiger partial charge >= 0.3 is 0 Å². The van der Waals surface area contributed by atoms with Gasteiger partial charge in [-0.3, -0.25) is 19.2 Å². The van der Waals surface area contributed by atoms with E-state index in [1.807, 2.05) is 12.1 Å². The molecule has 158 valence electrons. The molecule has 0 fully saturated rings. The van der Waals surface area contributed by atoms with Crippen molar-refractivity contribution in [2.24, 2.45) is 11.5 Å². The van der Waals surface area contributed by atoms with Crippen molar-refractivity contribution in [1.82, 2.24) is 10.6 Å². The van der Waals surface area contributed by atoms with Crippen LogP contribution in [-0.2, 0) is 9.59 Å². The number of carbonyl (C=O) groups is 4. The number of benzene rings is 2. The van der Waals surface area contributed by atoms with Crippen LogP contribution in [0.4, 0.5) is 0 Å². The number of carbonyl (C=O) groups excluding carboxylic acids is 4. The Labute approximate surface area is 181 Å². The van der Waals surface area contributed by atoms with Gasteiger partial charge in [-0.2, -0.15) is 0 Å². The third-order valence-electron chi connectivity index (χ3n) is 3.74. The zero-order valence-corrected chi connectivity index (χ0v) is 17.7. The minimum atomic E-state index is -0.472. The van der Waals surface area contributed by atoms with Gasteiger partial charge in [-0.15, -0.1) is 0 Å². The van der Waals surface area contributed by atoms with Crippen LogP contribution in [-0.4, -0.2) is 36.7 Å². The monoisotopic (exact) mass is 446 g/mol. The number of amides is 4. The van der Waals surface area contributed by atoms with Gasteiger partial charge in [-0.1, -0.05) is 33.7 Å². The normalized spacial score (nSPS) is 10.3. The summed E-state index contributed by atoms with van der Waals surface area (Å²) in [5, 5.41) is 5.29. The van der Waals surface area contributed by atoms with E-state index in [9.17, 15) is 19.2 Å². The van der Waals surface area contributed by atoms with Crippen LogP contribution < -0.4 is 22.1 Å². The standard InChI is InChI=1S/C20H22N4O4S2/c21-17(25)7-9-23-19(27)13-3-1-5-15(11-13)29-30-16-6-2-4-14(12-16)20(28)24-10-8-18(22)26/h1-6,11-12H,7-10H2,(H2,21,25)(H2,22,26)(H,23,27)(H,24,28). The van der Waals surface area contributed by atoms with E-state index in [0.29, 0.717) is 11.1 Å². The highest BCUT2D eigenvalue weighted by atomic mass is 33.1.